The van der Waals surface area contributed by atoms with Crippen LogP contribution in [-0.2, 0) is 4.79 Å². The molecule has 1 amide bonds. The monoisotopic (exact) mass is 245 g/mol. The second-order valence-corrected chi connectivity index (χ2v) is 4.54. The van der Waals surface area contributed by atoms with Gasteiger partial charge in [-0.1, -0.05) is 17.7 Å². The normalized spacial score (nSPS) is 21.1. The molecule has 1 aromatic carbocycles. The van der Waals surface area contributed by atoms with E-state index in [-0.39, 0.29) is 16.2 Å². The Morgan fingerprint density at radius 1 is 1.53 bits per heavy atom. The molecule has 0 saturated carbocycles. The van der Waals surface area contributed by atoms with Crippen molar-refractivity contribution >= 4 is 35.8 Å². The van der Waals surface area contributed by atoms with Crippen LogP contribution in [0.4, 0.5) is 10.1 Å². The van der Waals surface area contributed by atoms with E-state index in [1.165, 1.54) is 17.0 Å². The largest absolute Gasteiger partial charge is 0.310 e. The molecule has 1 saturated heterocycles. The van der Waals surface area contributed by atoms with Gasteiger partial charge in [-0.25, -0.2) is 4.39 Å². The Morgan fingerprint density at radius 3 is 2.87 bits per heavy atom. The number of carbonyl (C=O) groups is 1. The van der Waals surface area contributed by atoms with E-state index in [1.54, 1.807) is 6.07 Å². The molecule has 1 unspecified atom stereocenters. The lowest BCUT2D eigenvalue weighted by molar-refractivity contribution is -0.117. The van der Waals surface area contributed by atoms with Gasteiger partial charge in [0.25, 0.3) is 0 Å². The van der Waals surface area contributed by atoms with Gasteiger partial charge in [0, 0.05) is 18.2 Å². The van der Waals surface area contributed by atoms with Crippen LogP contribution in [0.15, 0.2) is 18.2 Å². The summed E-state index contributed by atoms with van der Waals surface area (Å²) in [5, 5.41) is -0.00915. The lowest BCUT2D eigenvalue weighted by Gasteiger charge is -2.17. The third-order valence-electron chi connectivity index (χ3n) is 2.33. The summed E-state index contributed by atoms with van der Waals surface area (Å²) < 4.78 is 13.2. The molecule has 5 heteroatoms. The van der Waals surface area contributed by atoms with Crippen LogP contribution in [0.25, 0.3) is 0 Å². The number of thiol groups is 1. The Morgan fingerprint density at radius 2 is 2.27 bits per heavy atom. The first kappa shape index (κ1) is 10.8. The second kappa shape index (κ2) is 4.02. The topological polar surface area (TPSA) is 20.3 Å². The number of benzene rings is 1. The number of hydrogen-bond acceptors (Lipinski definition) is 2. The van der Waals surface area contributed by atoms with Gasteiger partial charge in [0.15, 0.2) is 0 Å². The summed E-state index contributed by atoms with van der Waals surface area (Å²) in [6.07, 6.45) is 0.371. The van der Waals surface area contributed by atoms with Crippen LogP contribution >= 0.6 is 24.2 Å². The van der Waals surface area contributed by atoms with E-state index < -0.39 is 5.82 Å². The summed E-state index contributed by atoms with van der Waals surface area (Å²) in [5.41, 5.74) is 0.429. The fraction of sp³-hybridized carbons (Fsp3) is 0.300. The molecular formula is C10H9ClFNOS. The molecule has 1 fully saturated rings. The maximum Gasteiger partial charge on any atom is 0.228 e. The molecule has 1 aromatic rings. The smallest absolute Gasteiger partial charge is 0.228 e. The van der Waals surface area contributed by atoms with E-state index in [4.69, 9.17) is 11.6 Å². The fourth-order valence-corrected chi connectivity index (χ4v) is 2.17. The SMILES string of the molecule is O=C1CC(S)CN1c1cccc(F)c1Cl. The molecule has 15 heavy (non-hydrogen) atoms. The van der Waals surface area contributed by atoms with Gasteiger partial charge in [0.05, 0.1) is 5.69 Å². The highest BCUT2D eigenvalue weighted by atomic mass is 35.5. The Labute approximate surface area is 97.4 Å². The summed E-state index contributed by atoms with van der Waals surface area (Å²) >= 11 is 10.0. The lowest BCUT2D eigenvalue weighted by Crippen LogP contribution is -2.25. The molecule has 0 bridgehead atoms. The van der Waals surface area contributed by atoms with Crippen LogP contribution in [0.2, 0.25) is 5.02 Å². The van der Waals surface area contributed by atoms with Gasteiger partial charge in [-0.05, 0) is 12.1 Å². The van der Waals surface area contributed by atoms with Gasteiger partial charge in [0.1, 0.15) is 10.8 Å². The highest BCUT2D eigenvalue weighted by Gasteiger charge is 2.29. The molecule has 0 spiro atoms. The van der Waals surface area contributed by atoms with E-state index in [9.17, 15) is 9.18 Å². The number of amides is 1. The molecule has 2 rings (SSSR count). The molecule has 0 radical (unpaired) electrons. The predicted octanol–water partition coefficient (Wildman–Crippen LogP) is 2.51. The highest BCUT2D eigenvalue weighted by Crippen LogP contribution is 2.32. The summed E-state index contributed by atoms with van der Waals surface area (Å²) in [6, 6.07) is 4.44. The minimum Gasteiger partial charge on any atom is -0.310 e. The Hall–Kier alpha value is -0.740. The standard InChI is InChI=1S/C10H9ClFNOS/c11-10-7(12)2-1-3-8(10)13-5-6(15)4-9(13)14/h1-3,6,15H,4-5H2. The first-order chi connectivity index (χ1) is 7.09. The van der Waals surface area contributed by atoms with Crippen molar-refractivity contribution in [2.24, 2.45) is 0 Å². The molecule has 0 aliphatic carbocycles. The van der Waals surface area contributed by atoms with E-state index in [1.807, 2.05) is 0 Å². The van der Waals surface area contributed by atoms with Crippen molar-refractivity contribution in [2.75, 3.05) is 11.4 Å². The summed E-state index contributed by atoms with van der Waals surface area (Å²) in [7, 11) is 0. The van der Waals surface area contributed by atoms with Crippen LogP contribution in [-0.4, -0.2) is 17.7 Å². The second-order valence-electron chi connectivity index (χ2n) is 3.44. The van der Waals surface area contributed by atoms with Crippen molar-refractivity contribution in [3.05, 3.63) is 29.0 Å². The van der Waals surface area contributed by atoms with E-state index in [2.05, 4.69) is 12.6 Å². The Bertz CT molecular complexity index is 412. The molecular weight excluding hydrogens is 237 g/mol. The maximum absolute atomic E-state index is 13.2. The van der Waals surface area contributed by atoms with Crippen LogP contribution in [0, 0.1) is 5.82 Å². The van der Waals surface area contributed by atoms with Crippen molar-refractivity contribution < 1.29 is 9.18 Å². The van der Waals surface area contributed by atoms with Crippen LogP contribution in [0.3, 0.4) is 0 Å². The molecule has 1 heterocycles. The van der Waals surface area contributed by atoms with Crippen molar-refractivity contribution in [1.29, 1.82) is 0 Å². The van der Waals surface area contributed by atoms with Gasteiger partial charge in [-0.3, -0.25) is 4.79 Å². The zero-order chi connectivity index (χ0) is 11.0. The Balaban J connectivity index is 2.38. The van der Waals surface area contributed by atoms with Gasteiger partial charge >= 0.3 is 0 Å². The number of halogens is 2. The van der Waals surface area contributed by atoms with Gasteiger partial charge in [-0.15, -0.1) is 0 Å². The molecule has 1 aliphatic heterocycles. The van der Waals surface area contributed by atoms with E-state index in [0.717, 1.165) is 0 Å². The number of nitrogens with zero attached hydrogens (tertiary/aromatic N) is 1. The van der Waals surface area contributed by atoms with Crippen molar-refractivity contribution in [3.8, 4) is 0 Å². The third-order valence-corrected chi connectivity index (χ3v) is 3.05. The first-order valence-electron chi connectivity index (χ1n) is 4.52. The minimum atomic E-state index is -0.510. The fourth-order valence-electron chi connectivity index (χ4n) is 1.62. The van der Waals surface area contributed by atoms with Gasteiger partial charge < -0.3 is 4.90 Å². The van der Waals surface area contributed by atoms with Crippen LogP contribution in [0.1, 0.15) is 6.42 Å². The minimum absolute atomic E-state index is 0.00293. The first-order valence-corrected chi connectivity index (χ1v) is 5.41. The van der Waals surface area contributed by atoms with Gasteiger partial charge in [0.2, 0.25) is 5.91 Å². The molecule has 1 atom stereocenters. The van der Waals surface area contributed by atoms with E-state index in [0.29, 0.717) is 18.7 Å². The zero-order valence-corrected chi connectivity index (χ0v) is 9.43. The van der Waals surface area contributed by atoms with E-state index >= 15 is 0 Å². The molecule has 0 N–H and O–H groups in total. The zero-order valence-electron chi connectivity index (χ0n) is 7.78. The average Bonchev–Trinajstić information content (AvgIpc) is 2.50. The molecule has 2 nitrogen and oxygen atoms in total. The van der Waals surface area contributed by atoms with Crippen molar-refractivity contribution in [2.45, 2.75) is 11.7 Å². The summed E-state index contributed by atoms with van der Waals surface area (Å²) in [6.45, 7) is 0.477. The average molecular weight is 246 g/mol. The quantitative estimate of drug-likeness (QED) is 0.754. The molecule has 1 aliphatic rings. The number of rotatable bonds is 1. The third kappa shape index (κ3) is 1.96. The number of hydrogen-bond donors (Lipinski definition) is 1. The van der Waals surface area contributed by atoms with Crippen LogP contribution < -0.4 is 4.90 Å². The van der Waals surface area contributed by atoms with Crippen LogP contribution in [0.5, 0.6) is 0 Å². The Kier molecular flexibility index (Phi) is 2.89. The van der Waals surface area contributed by atoms with Crippen molar-refractivity contribution in [1.82, 2.24) is 0 Å². The summed E-state index contributed by atoms with van der Waals surface area (Å²) in [5.74, 6) is -0.577. The molecule has 0 aromatic heterocycles. The highest BCUT2D eigenvalue weighted by molar-refractivity contribution is 7.81. The lowest BCUT2D eigenvalue weighted by atomic mass is 10.3. The number of carbonyl (C=O) groups excluding carboxylic acids is 1. The van der Waals surface area contributed by atoms with Gasteiger partial charge in [-0.2, -0.15) is 12.6 Å². The van der Waals surface area contributed by atoms with Crippen molar-refractivity contribution in [3.63, 3.8) is 0 Å². The number of anilines is 1. The summed E-state index contributed by atoms with van der Waals surface area (Å²) in [4.78, 5) is 13.0. The maximum atomic E-state index is 13.2. The molecule has 80 valence electrons. The predicted molar refractivity (Wildman–Crippen MR) is 61.2 cm³/mol.